The first-order chi connectivity index (χ1) is 8.15. The number of nitrogens with one attached hydrogen (secondary N) is 1. The van der Waals surface area contributed by atoms with Crippen molar-refractivity contribution < 1.29 is 0 Å². The molecule has 2 rings (SSSR count). The highest BCUT2D eigenvalue weighted by molar-refractivity contribution is 7.99. The summed E-state index contributed by atoms with van der Waals surface area (Å²) < 4.78 is 0. The van der Waals surface area contributed by atoms with Gasteiger partial charge in [0, 0.05) is 17.9 Å². The Bertz CT molecular complexity index is 373. The van der Waals surface area contributed by atoms with E-state index in [0.717, 1.165) is 29.8 Å². The normalized spacial score (nSPS) is 19.9. The highest BCUT2D eigenvalue weighted by Gasteiger charge is 2.15. The van der Waals surface area contributed by atoms with Crippen LogP contribution < -0.4 is 5.32 Å². The van der Waals surface area contributed by atoms with Crippen LogP contribution in [0.1, 0.15) is 37.6 Å². The molecule has 1 aromatic heterocycles. The molecule has 0 aromatic carbocycles. The van der Waals surface area contributed by atoms with Crippen LogP contribution in [0, 0.1) is 12.8 Å². The lowest BCUT2D eigenvalue weighted by Crippen LogP contribution is -2.16. The molecule has 1 aromatic rings. The Balaban J connectivity index is 1.99. The SMILES string of the molecule is Cc1cc(C(C)C)nc(NCC2CCSC2)n1. The van der Waals surface area contributed by atoms with Gasteiger partial charge in [-0.2, -0.15) is 11.8 Å². The molecule has 0 amide bonds. The van der Waals surface area contributed by atoms with Gasteiger partial charge in [-0.3, -0.25) is 0 Å². The van der Waals surface area contributed by atoms with Gasteiger partial charge in [0.1, 0.15) is 0 Å². The Morgan fingerprint density at radius 1 is 1.47 bits per heavy atom. The molecule has 1 aliphatic heterocycles. The third kappa shape index (κ3) is 3.60. The van der Waals surface area contributed by atoms with Crippen molar-refractivity contribution in [1.82, 2.24) is 9.97 Å². The average molecular weight is 251 g/mol. The second kappa shape index (κ2) is 5.71. The molecule has 3 nitrogen and oxygen atoms in total. The lowest BCUT2D eigenvalue weighted by atomic mass is 10.1. The third-order valence-electron chi connectivity index (χ3n) is 3.04. The molecule has 1 unspecified atom stereocenters. The number of thioether (sulfide) groups is 1. The second-order valence-corrected chi connectivity index (χ2v) is 6.17. The van der Waals surface area contributed by atoms with E-state index >= 15 is 0 Å². The van der Waals surface area contributed by atoms with Crippen molar-refractivity contribution in [3.05, 3.63) is 17.5 Å². The van der Waals surface area contributed by atoms with Gasteiger partial charge in [-0.15, -0.1) is 0 Å². The number of nitrogens with zero attached hydrogens (tertiary/aromatic N) is 2. The molecular formula is C13H21N3S. The fraction of sp³-hybridized carbons (Fsp3) is 0.692. The summed E-state index contributed by atoms with van der Waals surface area (Å²) in [6, 6.07) is 2.07. The quantitative estimate of drug-likeness (QED) is 0.892. The topological polar surface area (TPSA) is 37.8 Å². The van der Waals surface area contributed by atoms with Crippen LogP contribution in [0.4, 0.5) is 5.95 Å². The summed E-state index contributed by atoms with van der Waals surface area (Å²) in [5.41, 5.74) is 2.17. The summed E-state index contributed by atoms with van der Waals surface area (Å²) in [6.45, 7) is 7.37. The predicted molar refractivity (Wildman–Crippen MR) is 74.8 cm³/mol. The molecule has 94 valence electrons. The average Bonchev–Trinajstić information content (AvgIpc) is 2.78. The molecule has 4 heteroatoms. The van der Waals surface area contributed by atoms with Gasteiger partial charge in [-0.05, 0) is 42.8 Å². The van der Waals surface area contributed by atoms with Crippen molar-refractivity contribution in [3.8, 4) is 0 Å². The van der Waals surface area contributed by atoms with Gasteiger partial charge in [-0.25, -0.2) is 9.97 Å². The fourth-order valence-electron chi connectivity index (χ4n) is 1.95. The number of anilines is 1. The smallest absolute Gasteiger partial charge is 0.223 e. The Kier molecular flexibility index (Phi) is 4.26. The largest absolute Gasteiger partial charge is 0.354 e. The highest BCUT2D eigenvalue weighted by Crippen LogP contribution is 2.23. The van der Waals surface area contributed by atoms with Crippen LogP contribution in [0.2, 0.25) is 0 Å². The Hall–Kier alpha value is -0.770. The fourth-order valence-corrected chi connectivity index (χ4v) is 3.23. The maximum atomic E-state index is 4.57. The molecule has 1 fully saturated rings. The molecule has 0 saturated carbocycles. The van der Waals surface area contributed by atoms with E-state index in [9.17, 15) is 0 Å². The van der Waals surface area contributed by atoms with Crippen molar-refractivity contribution in [2.45, 2.75) is 33.1 Å². The van der Waals surface area contributed by atoms with E-state index in [2.05, 4.69) is 35.2 Å². The van der Waals surface area contributed by atoms with Crippen LogP contribution in [0.5, 0.6) is 0 Å². The monoisotopic (exact) mass is 251 g/mol. The van der Waals surface area contributed by atoms with Gasteiger partial charge in [0.25, 0.3) is 0 Å². The van der Waals surface area contributed by atoms with E-state index in [-0.39, 0.29) is 0 Å². The van der Waals surface area contributed by atoms with E-state index in [0.29, 0.717) is 5.92 Å². The lowest BCUT2D eigenvalue weighted by molar-refractivity contribution is 0.628. The van der Waals surface area contributed by atoms with Crippen LogP contribution >= 0.6 is 11.8 Å². The van der Waals surface area contributed by atoms with E-state index < -0.39 is 0 Å². The van der Waals surface area contributed by atoms with Gasteiger partial charge in [-0.1, -0.05) is 13.8 Å². The molecular weight excluding hydrogens is 230 g/mol. The lowest BCUT2D eigenvalue weighted by Gasteiger charge is -2.12. The predicted octanol–water partition coefficient (Wildman–Crippen LogP) is 3.07. The number of hydrogen-bond acceptors (Lipinski definition) is 4. The summed E-state index contributed by atoms with van der Waals surface area (Å²) in [4.78, 5) is 9.01. The molecule has 2 heterocycles. The Morgan fingerprint density at radius 3 is 2.94 bits per heavy atom. The van der Waals surface area contributed by atoms with Crippen LogP contribution in [-0.2, 0) is 0 Å². The summed E-state index contributed by atoms with van der Waals surface area (Å²) >= 11 is 2.05. The molecule has 0 bridgehead atoms. The Morgan fingerprint density at radius 2 is 2.29 bits per heavy atom. The maximum Gasteiger partial charge on any atom is 0.223 e. The summed E-state index contributed by atoms with van der Waals surface area (Å²) in [5.74, 6) is 4.62. The van der Waals surface area contributed by atoms with Crippen LogP contribution in [0.15, 0.2) is 6.07 Å². The zero-order chi connectivity index (χ0) is 12.3. The van der Waals surface area contributed by atoms with E-state index in [1.54, 1.807) is 0 Å². The van der Waals surface area contributed by atoms with E-state index in [4.69, 9.17) is 0 Å². The molecule has 17 heavy (non-hydrogen) atoms. The number of rotatable bonds is 4. The molecule has 0 spiro atoms. The first kappa shape index (κ1) is 12.7. The molecule has 1 aliphatic rings. The van der Waals surface area contributed by atoms with E-state index in [1.807, 2.05) is 18.7 Å². The highest BCUT2D eigenvalue weighted by atomic mass is 32.2. The minimum Gasteiger partial charge on any atom is -0.354 e. The molecule has 0 radical (unpaired) electrons. The van der Waals surface area contributed by atoms with Crippen molar-refractivity contribution in [2.75, 3.05) is 23.4 Å². The number of aromatic nitrogens is 2. The first-order valence-electron chi connectivity index (χ1n) is 6.32. The minimum atomic E-state index is 0.458. The van der Waals surface area contributed by atoms with Crippen molar-refractivity contribution in [3.63, 3.8) is 0 Å². The Labute approximate surface area is 108 Å². The number of hydrogen-bond donors (Lipinski definition) is 1. The minimum absolute atomic E-state index is 0.458. The zero-order valence-electron chi connectivity index (χ0n) is 10.9. The summed E-state index contributed by atoms with van der Waals surface area (Å²) in [6.07, 6.45) is 1.32. The zero-order valence-corrected chi connectivity index (χ0v) is 11.7. The van der Waals surface area contributed by atoms with Gasteiger partial charge >= 0.3 is 0 Å². The van der Waals surface area contributed by atoms with Gasteiger partial charge in [0.15, 0.2) is 0 Å². The van der Waals surface area contributed by atoms with Gasteiger partial charge in [0.2, 0.25) is 5.95 Å². The second-order valence-electron chi connectivity index (χ2n) is 5.02. The molecule has 1 saturated heterocycles. The van der Waals surface area contributed by atoms with Crippen LogP contribution in [-0.4, -0.2) is 28.0 Å². The number of aryl methyl sites for hydroxylation is 1. The van der Waals surface area contributed by atoms with Crippen molar-refractivity contribution >= 4 is 17.7 Å². The van der Waals surface area contributed by atoms with Crippen LogP contribution in [0.25, 0.3) is 0 Å². The standard InChI is InChI=1S/C13H21N3S/c1-9(2)12-6-10(3)15-13(16-12)14-7-11-4-5-17-8-11/h6,9,11H,4-5,7-8H2,1-3H3,(H,14,15,16). The summed E-state index contributed by atoms with van der Waals surface area (Å²) in [5, 5.41) is 3.39. The third-order valence-corrected chi connectivity index (χ3v) is 4.27. The summed E-state index contributed by atoms with van der Waals surface area (Å²) in [7, 11) is 0. The maximum absolute atomic E-state index is 4.57. The molecule has 1 atom stereocenters. The molecule has 0 aliphatic carbocycles. The van der Waals surface area contributed by atoms with Crippen molar-refractivity contribution in [1.29, 1.82) is 0 Å². The van der Waals surface area contributed by atoms with Crippen LogP contribution in [0.3, 0.4) is 0 Å². The first-order valence-corrected chi connectivity index (χ1v) is 7.48. The van der Waals surface area contributed by atoms with E-state index in [1.165, 1.54) is 17.9 Å². The van der Waals surface area contributed by atoms with Gasteiger partial charge < -0.3 is 5.32 Å². The van der Waals surface area contributed by atoms with Crippen molar-refractivity contribution in [2.24, 2.45) is 5.92 Å². The molecule has 1 N–H and O–H groups in total. The van der Waals surface area contributed by atoms with Gasteiger partial charge in [0.05, 0.1) is 0 Å².